The van der Waals surface area contributed by atoms with Crippen LogP contribution in [0.3, 0.4) is 0 Å². The van der Waals surface area contributed by atoms with E-state index < -0.39 is 11.6 Å². The molecular formula is C16H33ClN2O5. The van der Waals surface area contributed by atoms with Gasteiger partial charge in [-0.3, -0.25) is 0 Å². The van der Waals surface area contributed by atoms with E-state index in [-0.39, 0.29) is 23.4 Å². The molecule has 0 spiro atoms. The summed E-state index contributed by atoms with van der Waals surface area (Å²) in [5.74, 6) is -0.879. The first-order valence-electron chi connectivity index (χ1n) is 7.00. The minimum Gasteiger partial charge on any atom is -0.478 e. The maximum Gasteiger partial charge on any atom is 0.335 e. The summed E-state index contributed by atoms with van der Waals surface area (Å²) < 4.78 is 0. The van der Waals surface area contributed by atoms with Gasteiger partial charge in [-0.25, -0.2) is 4.79 Å². The summed E-state index contributed by atoms with van der Waals surface area (Å²) in [5, 5.41) is 18.5. The molecule has 7 nitrogen and oxygen atoms in total. The molecule has 1 rings (SSSR count). The molecule has 0 amide bonds. The van der Waals surface area contributed by atoms with Crippen LogP contribution in [-0.4, -0.2) is 83.8 Å². The Morgan fingerprint density at radius 2 is 1.38 bits per heavy atom. The first kappa shape index (κ1) is 30.6. The second-order valence-electron chi connectivity index (χ2n) is 5.72. The van der Waals surface area contributed by atoms with E-state index in [1.165, 1.54) is 0 Å². The maximum absolute atomic E-state index is 10.2. The number of hydrogen-bond donors (Lipinski definition) is 2. The maximum atomic E-state index is 10.2. The van der Waals surface area contributed by atoms with E-state index in [9.17, 15) is 9.90 Å². The monoisotopic (exact) mass is 368 g/mol. The molecule has 0 unspecified atom stereocenters. The molecule has 0 atom stereocenters. The zero-order valence-electron chi connectivity index (χ0n) is 15.1. The van der Waals surface area contributed by atoms with Gasteiger partial charge >= 0.3 is 5.97 Å². The molecule has 0 bridgehead atoms. The molecule has 6 N–H and O–H groups in total. The van der Waals surface area contributed by atoms with Crippen LogP contribution in [0.15, 0.2) is 30.3 Å². The topological polar surface area (TPSA) is 127 Å². The molecule has 0 saturated carbocycles. The van der Waals surface area contributed by atoms with Crippen molar-refractivity contribution in [1.29, 1.82) is 0 Å². The Labute approximate surface area is 150 Å². The fraction of sp³-hybridized carbons (Fsp3) is 0.562. The van der Waals surface area contributed by atoms with Gasteiger partial charge in [0.1, 0.15) is 0 Å². The Morgan fingerprint density at radius 1 is 1.00 bits per heavy atom. The smallest absolute Gasteiger partial charge is 0.335 e. The molecule has 8 heteroatoms. The molecule has 0 aliphatic carbocycles. The van der Waals surface area contributed by atoms with Crippen molar-refractivity contribution in [2.75, 3.05) is 41.3 Å². The van der Waals surface area contributed by atoms with E-state index >= 15 is 0 Å². The third-order valence-electron chi connectivity index (χ3n) is 2.90. The fourth-order valence-electron chi connectivity index (χ4n) is 2.03. The first-order chi connectivity index (χ1) is 9.70. The third-order valence-corrected chi connectivity index (χ3v) is 2.90. The lowest BCUT2D eigenvalue weighted by Gasteiger charge is -2.32. The van der Waals surface area contributed by atoms with E-state index in [4.69, 9.17) is 5.11 Å². The largest absolute Gasteiger partial charge is 0.478 e. The molecule has 0 aliphatic rings. The summed E-state index contributed by atoms with van der Waals surface area (Å²) in [6, 6.07) is 8.30. The van der Waals surface area contributed by atoms with Gasteiger partial charge in [0.25, 0.3) is 0 Å². The number of aromatic carboxylic acids is 1. The second-order valence-corrected chi connectivity index (χ2v) is 5.72. The molecule has 0 aliphatic heterocycles. The van der Waals surface area contributed by atoms with Crippen LogP contribution in [0, 0.1) is 0 Å². The number of hydrogen-bond acceptors (Lipinski definition) is 4. The summed E-state index contributed by atoms with van der Waals surface area (Å²) in [6.07, 6.45) is 0.795. The molecule has 0 radical (unpaired) electrons. The van der Waals surface area contributed by atoms with Gasteiger partial charge in [-0.15, -0.1) is 12.4 Å². The van der Waals surface area contributed by atoms with Crippen LogP contribution >= 0.6 is 12.4 Å². The van der Waals surface area contributed by atoms with Crippen molar-refractivity contribution in [2.24, 2.45) is 0 Å². The van der Waals surface area contributed by atoms with Gasteiger partial charge in [0, 0.05) is 13.1 Å². The lowest BCUT2D eigenvalue weighted by atomic mass is 10.00. The first-order valence-corrected chi connectivity index (χ1v) is 7.00. The zero-order valence-corrected chi connectivity index (χ0v) is 15.9. The van der Waals surface area contributed by atoms with Crippen LogP contribution in [0.2, 0.25) is 0 Å². The fourth-order valence-corrected chi connectivity index (χ4v) is 2.03. The highest BCUT2D eigenvalue weighted by Gasteiger charge is 2.25. The number of carboxylic acid groups (broad SMARTS) is 1. The van der Waals surface area contributed by atoms with Crippen LogP contribution in [0.5, 0.6) is 0 Å². The highest BCUT2D eigenvalue weighted by atomic mass is 35.5. The number of carboxylic acids is 1. The molecule has 0 aromatic heterocycles. The SMILES string of the molecule is CCC(O)(CN(C)C)CN(C)C.Cl.O.O.O=C(O)c1ccccc1. The Bertz CT molecular complexity index is 406. The summed E-state index contributed by atoms with van der Waals surface area (Å²) in [4.78, 5) is 14.2. The quantitative estimate of drug-likeness (QED) is 0.751. The lowest BCUT2D eigenvalue weighted by Crippen LogP contribution is -2.47. The van der Waals surface area contributed by atoms with Crippen LogP contribution < -0.4 is 0 Å². The number of carbonyl (C=O) groups is 1. The summed E-state index contributed by atoms with van der Waals surface area (Å²) in [7, 11) is 7.93. The Morgan fingerprint density at radius 3 is 1.58 bits per heavy atom. The molecule has 0 fully saturated rings. The summed E-state index contributed by atoms with van der Waals surface area (Å²) >= 11 is 0. The minimum atomic E-state index is -0.879. The van der Waals surface area contributed by atoms with Crippen molar-refractivity contribution in [3.8, 4) is 0 Å². The van der Waals surface area contributed by atoms with Crippen LogP contribution in [0.1, 0.15) is 23.7 Å². The highest BCUT2D eigenvalue weighted by molar-refractivity contribution is 5.87. The lowest BCUT2D eigenvalue weighted by molar-refractivity contribution is -0.00821. The van der Waals surface area contributed by atoms with Crippen LogP contribution in [-0.2, 0) is 0 Å². The van der Waals surface area contributed by atoms with Crippen molar-refractivity contribution < 1.29 is 26.0 Å². The molecule has 1 aromatic carbocycles. The number of rotatable bonds is 6. The van der Waals surface area contributed by atoms with E-state index in [1.54, 1.807) is 30.3 Å². The predicted octanol–water partition coefficient (Wildman–Crippen LogP) is 0.408. The Kier molecular flexibility index (Phi) is 19.6. The molecule has 24 heavy (non-hydrogen) atoms. The summed E-state index contributed by atoms with van der Waals surface area (Å²) in [5.41, 5.74) is -0.231. The number of benzene rings is 1. The van der Waals surface area contributed by atoms with Crippen molar-refractivity contribution in [2.45, 2.75) is 18.9 Å². The van der Waals surface area contributed by atoms with E-state index in [0.717, 1.165) is 19.5 Å². The van der Waals surface area contributed by atoms with E-state index in [1.807, 2.05) is 44.9 Å². The van der Waals surface area contributed by atoms with Crippen LogP contribution in [0.25, 0.3) is 0 Å². The van der Waals surface area contributed by atoms with Gasteiger partial charge < -0.3 is 31.0 Å². The van der Waals surface area contributed by atoms with Crippen molar-refractivity contribution in [1.82, 2.24) is 9.80 Å². The Hall–Kier alpha value is -1.22. The number of aliphatic hydroxyl groups is 1. The van der Waals surface area contributed by atoms with Crippen molar-refractivity contribution >= 4 is 18.4 Å². The molecule has 1 aromatic rings. The predicted molar refractivity (Wildman–Crippen MR) is 100 cm³/mol. The van der Waals surface area contributed by atoms with Gasteiger partial charge in [0.15, 0.2) is 0 Å². The van der Waals surface area contributed by atoms with E-state index in [0.29, 0.717) is 5.56 Å². The molecule has 0 saturated heterocycles. The molecular weight excluding hydrogens is 336 g/mol. The van der Waals surface area contributed by atoms with Crippen molar-refractivity contribution in [3.05, 3.63) is 35.9 Å². The normalized spacial score (nSPS) is 9.83. The van der Waals surface area contributed by atoms with Gasteiger partial charge in [-0.05, 0) is 46.7 Å². The average molecular weight is 369 g/mol. The molecule has 144 valence electrons. The van der Waals surface area contributed by atoms with Crippen molar-refractivity contribution in [3.63, 3.8) is 0 Å². The highest BCUT2D eigenvalue weighted by Crippen LogP contribution is 2.11. The number of halogens is 1. The van der Waals surface area contributed by atoms with Crippen LogP contribution in [0.4, 0.5) is 0 Å². The zero-order chi connectivity index (χ0) is 16.5. The third kappa shape index (κ3) is 14.4. The van der Waals surface area contributed by atoms with Gasteiger partial charge in [0.2, 0.25) is 0 Å². The molecule has 0 heterocycles. The van der Waals surface area contributed by atoms with Gasteiger partial charge in [-0.2, -0.15) is 0 Å². The summed E-state index contributed by atoms with van der Waals surface area (Å²) in [6.45, 7) is 3.47. The Balaban J connectivity index is -0.000000152. The standard InChI is InChI=1S/C9H22N2O.C7H6O2.ClH.2H2O/c1-6-9(12,7-10(2)3)8-11(4)5;8-7(9)6-4-2-1-3-5-6;;;/h12H,6-8H2,1-5H3;1-5H,(H,8,9);1H;2*1H2. The van der Waals surface area contributed by atoms with Gasteiger partial charge in [-0.1, -0.05) is 25.1 Å². The minimum absolute atomic E-state index is 0. The average Bonchev–Trinajstić information content (AvgIpc) is 2.38. The van der Waals surface area contributed by atoms with E-state index in [2.05, 4.69) is 0 Å². The number of likely N-dealkylation sites (N-methyl/N-ethyl adjacent to an activating group) is 2. The van der Waals surface area contributed by atoms with Gasteiger partial charge in [0.05, 0.1) is 11.2 Å². The second kappa shape index (κ2) is 15.3. The number of nitrogens with zero attached hydrogens (tertiary/aromatic N) is 2.